The van der Waals surface area contributed by atoms with E-state index >= 15 is 0 Å². The number of benzene rings is 2. The van der Waals surface area contributed by atoms with E-state index in [9.17, 15) is 13.2 Å². The Hall–Kier alpha value is -2.43. The minimum Gasteiger partial charge on any atom is -0.497 e. The number of nitrogens with one attached hydrogen (secondary N) is 2. The zero-order chi connectivity index (χ0) is 23.0. The molecule has 1 unspecified atom stereocenters. The smallest absolute Gasteiger partial charge is 0.241 e. The number of carbonyl (C=O) groups is 1. The molecule has 0 aliphatic carbocycles. The fourth-order valence-corrected chi connectivity index (χ4v) is 4.89. The number of hydrogen-bond acceptors (Lipinski definition) is 7. The van der Waals surface area contributed by atoms with Gasteiger partial charge in [0.05, 0.1) is 12.0 Å². The number of carbonyl (C=O) groups excluding carboxylic acids is 1. The van der Waals surface area contributed by atoms with Crippen LogP contribution in [0.4, 0.5) is 0 Å². The van der Waals surface area contributed by atoms with Gasteiger partial charge in [0.25, 0.3) is 0 Å². The molecular formula is C22H28N2O6S2. The first-order chi connectivity index (χ1) is 15.4. The molecule has 1 aliphatic rings. The molecule has 1 amide bonds. The number of ether oxygens (including phenoxy) is 3. The predicted octanol–water partition coefficient (Wildman–Crippen LogP) is 2.23. The molecule has 0 spiro atoms. The molecule has 0 saturated heterocycles. The van der Waals surface area contributed by atoms with E-state index in [4.69, 9.17) is 14.2 Å². The number of sulfonamides is 1. The van der Waals surface area contributed by atoms with Crippen molar-refractivity contribution in [3.63, 3.8) is 0 Å². The van der Waals surface area contributed by atoms with E-state index in [1.54, 1.807) is 24.9 Å². The lowest BCUT2D eigenvalue weighted by molar-refractivity contribution is -0.122. The van der Waals surface area contributed by atoms with Gasteiger partial charge in [-0.1, -0.05) is 12.1 Å². The zero-order valence-corrected chi connectivity index (χ0v) is 19.8. The summed E-state index contributed by atoms with van der Waals surface area (Å²) in [5.74, 6) is 1.94. The highest BCUT2D eigenvalue weighted by Crippen LogP contribution is 2.32. The minimum atomic E-state index is -3.92. The van der Waals surface area contributed by atoms with Crippen LogP contribution >= 0.6 is 11.8 Å². The predicted molar refractivity (Wildman–Crippen MR) is 124 cm³/mol. The van der Waals surface area contributed by atoms with Gasteiger partial charge in [0, 0.05) is 12.6 Å². The number of fused-ring (bicyclic) bond motifs is 1. The lowest BCUT2D eigenvalue weighted by Gasteiger charge is -2.21. The summed E-state index contributed by atoms with van der Waals surface area (Å²) in [6.07, 6.45) is 2.91. The van der Waals surface area contributed by atoms with Gasteiger partial charge in [0.15, 0.2) is 11.5 Å². The first-order valence-corrected chi connectivity index (χ1v) is 13.1. The van der Waals surface area contributed by atoms with Crippen molar-refractivity contribution >= 4 is 27.7 Å². The lowest BCUT2D eigenvalue weighted by atomic mass is 10.1. The van der Waals surface area contributed by atoms with Crippen molar-refractivity contribution in [3.8, 4) is 17.2 Å². The van der Waals surface area contributed by atoms with Crippen molar-refractivity contribution in [3.05, 3.63) is 48.0 Å². The van der Waals surface area contributed by atoms with Gasteiger partial charge in [-0.3, -0.25) is 4.79 Å². The topological polar surface area (TPSA) is 103 Å². The molecule has 3 rings (SSSR count). The van der Waals surface area contributed by atoms with E-state index < -0.39 is 16.1 Å². The van der Waals surface area contributed by atoms with Crippen LogP contribution in [-0.4, -0.2) is 59.2 Å². The molecule has 1 heterocycles. The van der Waals surface area contributed by atoms with Gasteiger partial charge < -0.3 is 19.5 Å². The molecule has 0 radical (unpaired) electrons. The molecule has 0 saturated carbocycles. The Bertz CT molecular complexity index is 1010. The van der Waals surface area contributed by atoms with Gasteiger partial charge in [-0.25, -0.2) is 8.42 Å². The van der Waals surface area contributed by atoms with Gasteiger partial charge in [0.1, 0.15) is 25.0 Å². The summed E-state index contributed by atoms with van der Waals surface area (Å²) >= 11 is 1.55. The summed E-state index contributed by atoms with van der Waals surface area (Å²) in [7, 11) is -2.32. The Labute approximate surface area is 193 Å². The molecule has 2 aromatic rings. The van der Waals surface area contributed by atoms with Crippen LogP contribution in [0.3, 0.4) is 0 Å². The summed E-state index contributed by atoms with van der Waals surface area (Å²) in [6, 6.07) is 11.1. The summed E-state index contributed by atoms with van der Waals surface area (Å²) in [6.45, 7) is 1.17. The van der Waals surface area contributed by atoms with Crippen molar-refractivity contribution in [1.29, 1.82) is 0 Å². The number of thioether (sulfide) groups is 1. The average molecular weight is 481 g/mol. The molecule has 174 valence electrons. The Morgan fingerprint density at radius 2 is 1.84 bits per heavy atom. The highest BCUT2D eigenvalue weighted by atomic mass is 32.2. The number of methoxy groups -OCH3 is 1. The van der Waals surface area contributed by atoms with Gasteiger partial charge in [-0.05, 0) is 54.7 Å². The Kier molecular flexibility index (Phi) is 8.66. The Balaban J connectivity index is 1.63. The van der Waals surface area contributed by atoms with Crippen molar-refractivity contribution in [2.75, 3.05) is 38.9 Å². The zero-order valence-electron chi connectivity index (χ0n) is 18.1. The van der Waals surface area contributed by atoms with Gasteiger partial charge in [-0.2, -0.15) is 16.5 Å². The quantitative estimate of drug-likeness (QED) is 0.508. The third kappa shape index (κ3) is 6.54. The minimum absolute atomic E-state index is 0.0296. The van der Waals surface area contributed by atoms with E-state index in [1.807, 2.05) is 30.5 Å². The molecular weight excluding hydrogens is 452 g/mol. The van der Waals surface area contributed by atoms with E-state index in [0.29, 0.717) is 49.9 Å². The van der Waals surface area contributed by atoms with Crippen LogP contribution in [0.15, 0.2) is 47.4 Å². The van der Waals surface area contributed by atoms with Crippen molar-refractivity contribution in [1.82, 2.24) is 10.0 Å². The van der Waals surface area contributed by atoms with E-state index in [1.165, 1.54) is 12.1 Å². The molecule has 2 aromatic carbocycles. The van der Waals surface area contributed by atoms with E-state index in [2.05, 4.69) is 10.0 Å². The maximum atomic E-state index is 12.9. The van der Waals surface area contributed by atoms with Gasteiger partial charge >= 0.3 is 0 Å². The number of amides is 1. The summed E-state index contributed by atoms with van der Waals surface area (Å²) in [5, 5.41) is 2.84. The number of hydrogen-bond donors (Lipinski definition) is 2. The van der Waals surface area contributed by atoms with Gasteiger partial charge in [-0.15, -0.1) is 0 Å². The summed E-state index contributed by atoms with van der Waals surface area (Å²) in [5.41, 5.74) is 1.05. The van der Waals surface area contributed by atoms with Crippen LogP contribution in [0.1, 0.15) is 12.0 Å². The fraction of sp³-hybridized carbons (Fsp3) is 0.409. The van der Waals surface area contributed by atoms with E-state index in [-0.39, 0.29) is 10.8 Å². The highest BCUT2D eigenvalue weighted by Gasteiger charge is 2.26. The SMILES string of the molecule is COc1ccc(CCNC(=O)C(CCSC)NS(=O)(=O)c2ccc3c(c2)OCCO3)cc1. The van der Waals surface area contributed by atoms with Crippen LogP contribution in [0.5, 0.6) is 17.2 Å². The molecule has 10 heteroatoms. The van der Waals surface area contributed by atoms with Crippen LogP contribution in [0.2, 0.25) is 0 Å². The molecule has 0 aromatic heterocycles. The second-order valence-corrected chi connectivity index (χ2v) is 9.85. The summed E-state index contributed by atoms with van der Waals surface area (Å²) < 4.78 is 44.5. The third-order valence-corrected chi connectivity index (χ3v) is 7.03. The Morgan fingerprint density at radius 1 is 1.12 bits per heavy atom. The molecule has 8 nitrogen and oxygen atoms in total. The third-order valence-electron chi connectivity index (χ3n) is 4.92. The maximum Gasteiger partial charge on any atom is 0.241 e. The second kappa shape index (κ2) is 11.4. The molecule has 32 heavy (non-hydrogen) atoms. The monoisotopic (exact) mass is 480 g/mol. The first kappa shape index (κ1) is 24.2. The van der Waals surface area contributed by atoms with Crippen LogP contribution in [-0.2, 0) is 21.2 Å². The van der Waals surface area contributed by atoms with Crippen molar-refractivity contribution in [2.45, 2.75) is 23.8 Å². The largest absolute Gasteiger partial charge is 0.497 e. The molecule has 1 aliphatic heterocycles. The standard InChI is InChI=1S/C22H28N2O6S2/c1-28-17-5-3-16(4-6-17)9-11-23-22(25)19(10-14-31-2)24-32(26,27)18-7-8-20-21(15-18)30-13-12-29-20/h3-8,15,19,24H,9-14H2,1-2H3,(H,23,25). The first-order valence-electron chi connectivity index (χ1n) is 10.2. The van der Waals surface area contributed by atoms with Gasteiger partial charge in [0.2, 0.25) is 15.9 Å². The molecule has 0 fully saturated rings. The van der Waals surface area contributed by atoms with Crippen LogP contribution in [0.25, 0.3) is 0 Å². The molecule has 2 N–H and O–H groups in total. The molecule has 1 atom stereocenters. The normalized spacial score (nSPS) is 13.9. The fourth-order valence-electron chi connectivity index (χ4n) is 3.17. The maximum absolute atomic E-state index is 12.9. The summed E-state index contributed by atoms with van der Waals surface area (Å²) in [4.78, 5) is 12.8. The average Bonchev–Trinajstić information content (AvgIpc) is 2.81. The molecule has 0 bridgehead atoms. The number of rotatable bonds is 11. The second-order valence-electron chi connectivity index (χ2n) is 7.15. The van der Waals surface area contributed by atoms with Crippen molar-refractivity contribution in [2.24, 2.45) is 0 Å². The lowest BCUT2D eigenvalue weighted by Crippen LogP contribution is -2.47. The van der Waals surface area contributed by atoms with Crippen LogP contribution in [0, 0.1) is 0 Å². The highest BCUT2D eigenvalue weighted by molar-refractivity contribution is 7.98. The van der Waals surface area contributed by atoms with Crippen molar-refractivity contribution < 1.29 is 27.4 Å². The van der Waals surface area contributed by atoms with Crippen LogP contribution < -0.4 is 24.2 Å². The van der Waals surface area contributed by atoms with E-state index in [0.717, 1.165) is 11.3 Å². The Morgan fingerprint density at radius 3 is 2.53 bits per heavy atom.